The molecular formula is C19H16N2O3. The molecule has 0 spiro atoms. The topological polar surface area (TPSA) is 92.4 Å². The minimum absolute atomic E-state index is 0.0721. The summed E-state index contributed by atoms with van der Waals surface area (Å²) in [7, 11) is 0. The van der Waals surface area contributed by atoms with E-state index in [2.05, 4.69) is 5.32 Å². The van der Waals surface area contributed by atoms with Crippen LogP contribution in [0, 0.1) is 0 Å². The molecule has 0 aromatic heterocycles. The van der Waals surface area contributed by atoms with Crippen LogP contribution in [-0.2, 0) is 6.54 Å². The van der Waals surface area contributed by atoms with E-state index in [-0.39, 0.29) is 23.8 Å². The molecule has 0 fully saturated rings. The van der Waals surface area contributed by atoms with E-state index in [1.165, 1.54) is 0 Å². The second kappa shape index (κ2) is 6.42. The number of nitrogens with two attached hydrogens (primary N) is 1. The van der Waals surface area contributed by atoms with Crippen LogP contribution >= 0.6 is 0 Å². The summed E-state index contributed by atoms with van der Waals surface area (Å²) in [6.07, 6.45) is 0. The zero-order valence-electron chi connectivity index (χ0n) is 12.8. The van der Waals surface area contributed by atoms with E-state index in [1.807, 2.05) is 24.3 Å². The lowest BCUT2D eigenvalue weighted by molar-refractivity contribution is 0.0947. The number of hydrogen-bond donors (Lipinski definition) is 3. The number of benzene rings is 3. The van der Waals surface area contributed by atoms with E-state index in [1.54, 1.807) is 36.4 Å². The minimum Gasteiger partial charge on any atom is -0.507 e. The Morgan fingerprint density at radius 3 is 2.38 bits per heavy atom. The van der Waals surface area contributed by atoms with Crippen molar-refractivity contribution in [3.05, 3.63) is 77.4 Å². The van der Waals surface area contributed by atoms with Crippen LogP contribution in [0.4, 0.5) is 0 Å². The standard InChI is InChI=1S/C19H16N2O3/c20-18(23)15-7-3-4-12(8-15)11-21-19(24)16-9-13-5-1-2-6-14(13)10-17(16)22/h1-10,22H,11H2,(H2,20,23)(H,21,24). The average Bonchev–Trinajstić information content (AvgIpc) is 2.59. The summed E-state index contributed by atoms with van der Waals surface area (Å²) in [5, 5.41) is 14.5. The maximum absolute atomic E-state index is 12.3. The molecule has 0 aliphatic rings. The molecule has 0 saturated heterocycles. The van der Waals surface area contributed by atoms with Gasteiger partial charge in [-0.25, -0.2) is 0 Å². The Hall–Kier alpha value is -3.34. The number of fused-ring (bicyclic) bond motifs is 1. The number of phenolic OH excluding ortho intramolecular Hbond substituents is 1. The van der Waals surface area contributed by atoms with Crippen molar-refractivity contribution in [1.82, 2.24) is 5.32 Å². The number of carbonyl (C=O) groups excluding carboxylic acids is 2. The lowest BCUT2D eigenvalue weighted by Crippen LogP contribution is -2.23. The number of carbonyl (C=O) groups is 2. The fraction of sp³-hybridized carbons (Fsp3) is 0.0526. The third kappa shape index (κ3) is 3.20. The molecule has 2 amide bonds. The fourth-order valence-electron chi connectivity index (χ4n) is 2.52. The number of phenols is 1. The van der Waals surface area contributed by atoms with Gasteiger partial charge in [-0.2, -0.15) is 0 Å². The first-order valence-electron chi connectivity index (χ1n) is 7.43. The molecule has 3 aromatic carbocycles. The zero-order chi connectivity index (χ0) is 17.1. The van der Waals surface area contributed by atoms with Gasteiger partial charge in [0, 0.05) is 12.1 Å². The first-order valence-corrected chi connectivity index (χ1v) is 7.43. The molecule has 0 aliphatic carbocycles. The van der Waals surface area contributed by atoms with Gasteiger partial charge in [0.05, 0.1) is 5.56 Å². The van der Waals surface area contributed by atoms with E-state index < -0.39 is 5.91 Å². The highest BCUT2D eigenvalue weighted by molar-refractivity contribution is 6.01. The van der Waals surface area contributed by atoms with Crippen LogP contribution in [0.15, 0.2) is 60.7 Å². The van der Waals surface area contributed by atoms with E-state index in [0.717, 1.165) is 16.3 Å². The summed E-state index contributed by atoms with van der Waals surface area (Å²) in [4.78, 5) is 23.5. The van der Waals surface area contributed by atoms with Gasteiger partial charge in [-0.3, -0.25) is 9.59 Å². The summed E-state index contributed by atoms with van der Waals surface area (Å²) in [5.74, 6) is -0.977. The van der Waals surface area contributed by atoms with Gasteiger partial charge in [-0.1, -0.05) is 36.4 Å². The average molecular weight is 320 g/mol. The summed E-state index contributed by atoms with van der Waals surface area (Å²) in [6, 6.07) is 17.4. The maximum atomic E-state index is 12.3. The number of rotatable bonds is 4. The highest BCUT2D eigenvalue weighted by Crippen LogP contribution is 2.24. The van der Waals surface area contributed by atoms with Gasteiger partial charge in [0.2, 0.25) is 5.91 Å². The van der Waals surface area contributed by atoms with Gasteiger partial charge >= 0.3 is 0 Å². The van der Waals surface area contributed by atoms with Crippen molar-refractivity contribution in [2.45, 2.75) is 6.54 Å². The van der Waals surface area contributed by atoms with Gasteiger partial charge in [0.15, 0.2) is 0 Å². The smallest absolute Gasteiger partial charge is 0.255 e. The molecule has 24 heavy (non-hydrogen) atoms. The normalized spacial score (nSPS) is 10.5. The van der Waals surface area contributed by atoms with E-state index >= 15 is 0 Å². The molecular weight excluding hydrogens is 304 g/mol. The Morgan fingerprint density at radius 2 is 1.67 bits per heavy atom. The Kier molecular flexibility index (Phi) is 4.16. The number of hydrogen-bond acceptors (Lipinski definition) is 3. The van der Waals surface area contributed by atoms with Crippen LogP contribution in [0.1, 0.15) is 26.3 Å². The first-order chi connectivity index (χ1) is 11.5. The highest BCUT2D eigenvalue weighted by atomic mass is 16.3. The SMILES string of the molecule is NC(=O)c1cccc(CNC(=O)c2cc3ccccc3cc2O)c1. The Bertz CT molecular complexity index is 935. The van der Waals surface area contributed by atoms with Gasteiger partial charge < -0.3 is 16.2 Å². The molecule has 0 aliphatic heterocycles. The lowest BCUT2D eigenvalue weighted by Gasteiger charge is -2.09. The van der Waals surface area contributed by atoms with Crippen molar-refractivity contribution >= 4 is 22.6 Å². The van der Waals surface area contributed by atoms with Crippen LogP contribution in [0.3, 0.4) is 0 Å². The Morgan fingerprint density at radius 1 is 0.958 bits per heavy atom. The summed E-state index contributed by atoms with van der Waals surface area (Å²) in [5.41, 5.74) is 6.59. The van der Waals surface area contributed by atoms with Crippen molar-refractivity contribution in [3.8, 4) is 5.75 Å². The molecule has 0 bridgehead atoms. The van der Waals surface area contributed by atoms with Crippen molar-refractivity contribution in [2.24, 2.45) is 5.73 Å². The van der Waals surface area contributed by atoms with E-state index in [4.69, 9.17) is 5.73 Å². The van der Waals surface area contributed by atoms with Crippen molar-refractivity contribution in [1.29, 1.82) is 0 Å². The molecule has 0 atom stereocenters. The predicted octanol–water partition coefficient (Wildman–Crippen LogP) is 2.57. The quantitative estimate of drug-likeness (QED) is 0.690. The predicted molar refractivity (Wildman–Crippen MR) is 91.7 cm³/mol. The fourth-order valence-corrected chi connectivity index (χ4v) is 2.52. The molecule has 120 valence electrons. The first kappa shape index (κ1) is 15.6. The second-order valence-corrected chi connectivity index (χ2v) is 5.46. The van der Waals surface area contributed by atoms with E-state index in [9.17, 15) is 14.7 Å². The zero-order valence-corrected chi connectivity index (χ0v) is 12.8. The third-order valence-electron chi connectivity index (χ3n) is 3.77. The van der Waals surface area contributed by atoms with Gasteiger partial charge in [-0.05, 0) is 40.6 Å². The highest BCUT2D eigenvalue weighted by Gasteiger charge is 2.12. The summed E-state index contributed by atoms with van der Waals surface area (Å²) >= 11 is 0. The van der Waals surface area contributed by atoms with Crippen molar-refractivity contribution in [2.75, 3.05) is 0 Å². The number of nitrogens with one attached hydrogen (secondary N) is 1. The second-order valence-electron chi connectivity index (χ2n) is 5.46. The minimum atomic E-state index is -0.518. The molecule has 0 unspecified atom stereocenters. The van der Waals surface area contributed by atoms with Crippen LogP contribution < -0.4 is 11.1 Å². The van der Waals surface area contributed by atoms with Gasteiger partial charge in [0.1, 0.15) is 5.75 Å². The van der Waals surface area contributed by atoms with Gasteiger partial charge in [-0.15, -0.1) is 0 Å². The van der Waals surface area contributed by atoms with Crippen LogP contribution in [0.2, 0.25) is 0 Å². The van der Waals surface area contributed by atoms with Crippen LogP contribution in [0.25, 0.3) is 10.8 Å². The molecule has 3 rings (SSSR count). The molecule has 3 aromatic rings. The summed E-state index contributed by atoms with van der Waals surface area (Å²) in [6.45, 7) is 0.228. The van der Waals surface area contributed by atoms with Crippen LogP contribution in [0.5, 0.6) is 5.75 Å². The van der Waals surface area contributed by atoms with Gasteiger partial charge in [0.25, 0.3) is 5.91 Å². The van der Waals surface area contributed by atoms with E-state index in [0.29, 0.717) is 5.56 Å². The number of primary amides is 1. The molecule has 0 heterocycles. The number of aromatic hydroxyl groups is 1. The van der Waals surface area contributed by atoms with Crippen LogP contribution in [-0.4, -0.2) is 16.9 Å². The van der Waals surface area contributed by atoms with Crippen molar-refractivity contribution < 1.29 is 14.7 Å². The molecule has 0 saturated carbocycles. The Labute approximate surface area is 138 Å². The van der Waals surface area contributed by atoms with Crippen molar-refractivity contribution in [3.63, 3.8) is 0 Å². The largest absolute Gasteiger partial charge is 0.507 e. The Balaban J connectivity index is 1.79. The third-order valence-corrected chi connectivity index (χ3v) is 3.77. The molecule has 5 heteroatoms. The lowest BCUT2D eigenvalue weighted by atomic mass is 10.1. The summed E-state index contributed by atoms with van der Waals surface area (Å²) < 4.78 is 0. The monoisotopic (exact) mass is 320 g/mol. The number of amides is 2. The molecule has 5 nitrogen and oxygen atoms in total. The molecule has 4 N–H and O–H groups in total. The maximum Gasteiger partial charge on any atom is 0.255 e. The molecule has 0 radical (unpaired) electrons.